The second-order valence-electron chi connectivity index (χ2n) is 4.11. The van der Waals surface area contributed by atoms with Crippen molar-refractivity contribution in [1.82, 2.24) is 0 Å². The van der Waals surface area contributed by atoms with E-state index >= 15 is 0 Å². The first-order chi connectivity index (χ1) is 8.29. The van der Waals surface area contributed by atoms with Crippen molar-refractivity contribution in [2.75, 3.05) is 0 Å². The lowest BCUT2D eigenvalue weighted by Gasteiger charge is -2.16. The average molecular weight is 221 g/mol. The summed E-state index contributed by atoms with van der Waals surface area (Å²) in [7, 11) is 0. The second kappa shape index (κ2) is 3.67. The minimum atomic E-state index is -0.764. The van der Waals surface area contributed by atoms with Gasteiger partial charge in [0.25, 0.3) is 0 Å². The summed E-state index contributed by atoms with van der Waals surface area (Å²) in [6, 6.07) is 11.8. The summed E-state index contributed by atoms with van der Waals surface area (Å²) < 4.78 is 0. The van der Waals surface area contributed by atoms with Crippen LogP contribution in [0, 0.1) is 0 Å². The zero-order valence-corrected chi connectivity index (χ0v) is 9.01. The van der Waals surface area contributed by atoms with E-state index in [1.54, 1.807) is 6.08 Å². The first kappa shape index (κ1) is 9.97. The quantitative estimate of drug-likeness (QED) is 0.694. The number of carbonyl (C=O) groups is 1. The number of ketones is 1. The lowest BCUT2D eigenvalue weighted by Crippen LogP contribution is -2.15. The van der Waals surface area contributed by atoms with Gasteiger partial charge in [-0.3, -0.25) is 9.59 Å². The molecule has 17 heavy (non-hydrogen) atoms. The van der Waals surface area contributed by atoms with Gasteiger partial charge in [0.15, 0.2) is 5.78 Å². The van der Waals surface area contributed by atoms with E-state index in [1.807, 2.05) is 42.7 Å². The third kappa shape index (κ3) is 1.49. The molecule has 0 fully saturated rings. The normalized spacial score (nSPS) is 18.1. The van der Waals surface area contributed by atoms with Crippen molar-refractivity contribution in [3.63, 3.8) is 0 Å². The van der Waals surface area contributed by atoms with Gasteiger partial charge in [-0.1, -0.05) is 30.3 Å². The summed E-state index contributed by atoms with van der Waals surface area (Å²) in [6.07, 6.45) is 5.04. The van der Waals surface area contributed by atoms with Gasteiger partial charge in [0, 0.05) is 0 Å². The SMILES string of the molecule is O=[C]C1C(=O)C=Cc2cc3ccccc3cc21. The van der Waals surface area contributed by atoms with E-state index in [-0.39, 0.29) is 5.78 Å². The van der Waals surface area contributed by atoms with Crippen LogP contribution in [0.15, 0.2) is 42.5 Å². The number of carbonyl (C=O) groups excluding carboxylic acids is 2. The molecule has 2 aromatic carbocycles. The molecule has 0 N–H and O–H groups in total. The molecule has 0 saturated heterocycles. The minimum absolute atomic E-state index is 0.192. The van der Waals surface area contributed by atoms with Crippen LogP contribution in [0.25, 0.3) is 16.8 Å². The Balaban J connectivity index is 2.32. The van der Waals surface area contributed by atoms with E-state index in [2.05, 4.69) is 0 Å². The van der Waals surface area contributed by atoms with Gasteiger partial charge in [0.2, 0.25) is 6.29 Å². The molecule has 2 nitrogen and oxygen atoms in total. The zero-order chi connectivity index (χ0) is 11.8. The van der Waals surface area contributed by atoms with Crippen LogP contribution >= 0.6 is 0 Å². The van der Waals surface area contributed by atoms with Gasteiger partial charge in [-0.15, -0.1) is 0 Å². The third-order valence-corrected chi connectivity index (χ3v) is 3.09. The van der Waals surface area contributed by atoms with Gasteiger partial charge in [-0.05, 0) is 40.1 Å². The van der Waals surface area contributed by atoms with Crippen LogP contribution in [0.5, 0.6) is 0 Å². The molecule has 81 valence electrons. The fourth-order valence-electron chi connectivity index (χ4n) is 2.21. The van der Waals surface area contributed by atoms with Crippen molar-refractivity contribution < 1.29 is 9.59 Å². The highest BCUT2D eigenvalue weighted by Crippen LogP contribution is 2.30. The standard InChI is InChI=1S/C15H9O2/c16-9-14-13-8-11-4-2-1-3-10(11)7-12(13)5-6-15(14)17/h1-8,14H. The molecule has 0 amide bonds. The van der Waals surface area contributed by atoms with Gasteiger partial charge < -0.3 is 0 Å². The largest absolute Gasteiger partial charge is 0.294 e. The van der Waals surface area contributed by atoms with Crippen molar-refractivity contribution in [2.24, 2.45) is 0 Å². The van der Waals surface area contributed by atoms with Crippen LogP contribution < -0.4 is 0 Å². The Morgan fingerprint density at radius 1 is 1.00 bits per heavy atom. The Morgan fingerprint density at radius 2 is 1.71 bits per heavy atom. The molecule has 0 aliphatic heterocycles. The van der Waals surface area contributed by atoms with Gasteiger partial charge in [-0.25, -0.2) is 0 Å². The molecule has 0 bridgehead atoms. The van der Waals surface area contributed by atoms with E-state index in [0.29, 0.717) is 0 Å². The number of hydrogen-bond acceptors (Lipinski definition) is 2. The molecule has 2 heteroatoms. The molecule has 0 aromatic heterocycles. The van der Waals surface area contributed by atoms with Crippen LogP contribution in [0.3, 0.4) is 0 Å². The molecule has 3 rings (SSSR count). The molecule has 1 atom stereocenters. The molecule has 0 heterocycles. The van der Waals surface area contributed by atoms with Gasteiger partial charge in [-0.2, -0.15) is 0 Å². The topological polar surface area (TPSA) is 34.1 Å². The fourth-order valence-corrected chi connectivity index (χ4v) is 2.21. The number of fused-ring (bicyclic) bond motifs is 2. The Labute approximate surface area is 98.6 Å². The first-order valence-corrected chi connectivity index (χ1v) is 5.42. The summed E-state index contributed by atoms with van der Waals surface area (Å²) in [5.41, 5.74) is 1.68. The Morgan fingerprint density at radius 3 is 2.41 bits per heavy atom. The highest BCUT2D eigenvalue weighted by molar-refractivity contribution is 6.11. The van der Waals surface area contributed by atoms with Crippen molar-refractivity contribution in [3.8, 4) is 0 Å². The van der Waals surface area contributed by atoms with Gasteiger partial charge >= 0.3 is 0 Å². The molecule has 1 aliphatic rings. The van der Waals surface area contributed by atoms with Crippen LogP contribution in [-0.2, 0) is 9.59 Å². The second-order valence-corrected chi connectivity index (χ2v) is 4.11. The minimum Gasteiger partial charge on any atom is -0.294 e. The summed E-state index contributed by atoms with van der Waals surface area (Å²) >= 11 is 0. The van der Waals surface area contributed by atoms with Crippen LogP contribution in [-0.4, -0.2) is 12.1 Å². The van der Waals surface area contributed by atoms with Gasteiger partial charge in [0.1, 0.15) is 5.92 Å². The summed E-state index contributed by atoms with van der Waals surface area (Å²) in [4.78, 5) is 22.5. The smallest absolute Gasteiger partial charge is 0.214 e. The molecular formula is C15H9O2. The zero-order valence-electron chi connectivity index (χ0n) is 9.01. The maximum atomic E-state index is 11.6. The Kier molecular flexibility index (Phi) is 2.15. The van der Waals surface area contributed by atoms with Crippen molar-refractivity contribution >= 4 is 28.9 Å². The van der Waals surface area contributed by atoms with E-state index in [0.717, 1.165) is 21.9 Å². The Bertz CT molecular complexity index is 653. The van der Waals surface area contributed by atoms with Crippen molar-refractivity contribution in [2.45, 2.75) is 5.92 Å². The predicted octanol–water partition coefficient (Wildman–Crippen LogP) is 2.63. The van der Waals surface area contributed by atoms with Gasteiger partial charge in [0.05, 0.1) is 0 Å². The molecule has 2 aromatic rings. The number of rotatable bonds is 1. The van der Waals surface area contributed by atoms with E-state index in [9.17, 15) is 9.59 Å². The van der Waals surface area contributed by atoms with E-state index < -0.39 is 5.92 Å². The number of hydrogen-bond donors (Lipinski definition) is 0. The predicted molar refractivity (Wildman–Crippen MR) is 66.4 cm³/mol. The number of benzene rings is 2. The number of allylic oxidation sites excluding steroid dienone is 1. The monoisotopic (exact) mass is 221 g/mol. The Hall–Kier alpha value is -2.22. The van der Waals surface area contributed by atoms with Crippen LogP contribution in [0.1, 0.15) is 17.0 Å². The molecule has 1 aliphatic carbocycles. The van der Waals surface area contributed by atoms with E-state index in [4.69, 9.17) is 0 Å². The maximum absolute atomic E-state index is 11.6. The lowest BCUT2D eigenvalue weighted by molar-refractivity contribution is -0.114. The fraction of sp³-hybridized carbons (Fsp3) is 0.0667. The highest BCUT2D eigenvalue weighted by atomic mass is 16.1. The third-order valence-electron chi connectivity index (χ3n) is 3.09. The summed E-state index contributed by atoms with van der Waals surface area (Å²) in [5.74, 6) is -0.956. The van der Waals surface area contributed by atoms with E-state index in [1.165, 1.54) is 6.08 Å². The summed E-state index contributed by atoms with van der Waals surface area (Å²) in [5, 5.41) is 2.14. The molecule has 1 unspecified atom stereocenters. The van der Waals surface area contributed by atoms with Crippen molar-refractivity contribution in [3.05, 3.63) is 53.6 Å². The van der Waals surface area contributed by atoms with Crippen LogP contribution in [0.2, 0.25) is 0 Å². The van der Waals surface area contributed by atoms with Crippen LogP contribution in [0.4, 0.5) is 0 Å². The lowest BCUT2D eigenvalue weighted by atomic mass is 9.85. The first-order valence-electron chi connectivity index (χ1n) is 5.42. The maximum Gasteiger partial charge on any atom is 0.214 e. The highest BCUT2D eigenvalue weighted by Gasteiger charge is 2.24. The average Bonchev–Trinajstić information content (AvgIpc) is 2.36. The van der Waals surface area contributed by atoms with Crippen molar-refractivity contribution in [1.29, 1.82) is 0 Å². The summed E-state index contributed by atoms with van der Waals surface area (Å²) in [6.45, 7) is 0. The molecule has 0 saturated carbocycles. The molecule has 0 spiro atoms. The molecular weight excluding hydrogens is 212 g/mol. The molecule has 1 radical (unpaired) electrons.